The fourth-order valence-corrected chi connectivity index (χ4v) is 3.43. The van der Waals surface area contributed by atoms with Crippen LogP contribution in [0.2, 0.25) is 0 Å². The van der Waals surface area contributed by atoms with Crippen LogP contribution in [0.25, 0.3) is 22.7 Å². The van der Waals surface area contributed by atoms with E-state index in [1.165, 1.54) is 12.8 Å². The fraction of sp³-hybridized carbons (Fsp3) is 0.350. The Kier molecular flexibility index (Phi) is 4.22. The number of nitrogens with one attached hydrogen (secondary N) is 1. The minimum absolute atomic E-state index is 0.516. The normalized spacial score (nSPS) is 17.5. The highest BCUT2D eigenvalue weighted by Crippen LogP contribution is 2.33. The molecule has 1 aromatic carbocycles. The molecule has 0 aliphatic carbocycles. The van der Waals surface area contributed by atoms with Crippen molar-refractivity contribution in [1.29, 1.82) is 0 Å². The summed E-state index contributed by atoms with van der Waals surface area (Å²) in [7, 11) is 0. The minimum Gasteiger partial charge on any atom is -0.459 e. The summed E-state index contributed by atoms with van der Waals surface area (Å²) in [4.78, 5) is 4.72. The third-order valence-electron chi connectivity index (χ3n) is 4.71. The second-order valence-corrected chi connectivity index (χ2v) is 6.37. The maximum Gasteiger partial charge on any atom is 0.152 e. The van der Waals surface area contributed by atoms with Gasteiger partial charge in [0.25, 0.3) is 0 Å². The van der Waals surface area contributed by atoms with Crippen LogP contribution in [0.3, 0.4) is 0 Å². The van der Waals surface area contributed by atoms with Gasteiger partial charge in [0.2, 0.25) is 0 Å². The number of rotatable bonds is 5. The van der Waals surface area contributed by atoms with Gasteiger partial charge in [0.1, 0.15) is 11.5 Å². The summed E-state index contributed by atoms with van der Waals surface area (Å²) in [6.45, 7) is 4.15. The van der Waals surface area contributed by atoms with E-state index in [1.54, 1.807) is 0 Å². The molecule has 1 fully saturated rings. The molecule has 4 rings (SSSR count). The van der Waals surface area contributed by atoms with Gasteiger partial charge < -0.3 is 14.3 Å². The van der Waals surface area contributed by atoms with Gasteiger partial charge in [0.05, 0.1) is 12.0 Å². The molecule has 3 aromatic rings. The van der Waals surface area contributed by atoms with Crippen molar-refractivity contribution in [3.05, 3.63) is 54.6 Å². The van der Waals surface area contributed by atoms with E-state index >= 15 is 0 Å². The second-order valence-electron chi connectivity index (χ2n) is 6.37. The second kappa shape index (κ2) is 6.65. The zero-order valence-electron chi connectivity index (χ0n) is 14.0. The molecule has 1 aliphatic rings. The SMILES string of the molecule is CCc1ccc(-c2c(-c3ccccc3)ncn2C[C@H]2CCCN2)o1. The highest BCUT2D eigenvalue weighted by molar-refractivity contribution is 5.76. The molecule has 0 spiro atoms. The monoisotopic (exact) mass is 321 g/mol. The molecule has 2 aromatic heterocycles. The van der Waals surface area contributed by atoms with Crippen molar-refractivity contribution in [2.45, 2.75) is 38.8 Å². The summed E-state index contributed by atoms with van der Waals surface area (Å²) in [5.74, 6) is 1.91. The van der Waals surface area contributed by atoms with Crippen LogP contribution in [0.15, 0.2) is 53.2 Å². The number of aryl methyl sites for hydroxylation is 1. The molecule has 3 heterocycles. The van der Waals surface area contributed by atoms with Gasteiger partial charge in [-0.25, -0.2) is 4.98 Å². The molecular weight excluding hydrogens is 298 g/mol. The standard InChI is InChI=1S/C20H23N3O/c1-2-17-10-11-18(24-17)20-19(15-7-4-3-5-8-15)22-14-23(20)13-16-9-6-12-21-16/h3-5,7-8,10-11,14,16,21H,2,6,9,12-13H2,1H3/t16-/m1/s1. The van der Waals surface area contributed by atoms with Crippen molar-refractivity contribution >= 4 is 0 Å². The summed E-state index contributed by atoms with van der Waals surface area (Å²) in [6, 6.07) is 15.0. The van der Waals surface area contributed by atoms with Crippen LogP contribution in [0, 0.1) is 0 Å². The van der Waals surface area contributed by atoms with Crippen LogP contribution in [-0.4, -0.2) is 22.1 Å². The van der Waals surface area contributed by atoms with E-state index in [9.17, 15) is 0 Å². The van der Waals surface area contributed by atoms with Gasteiger partial charge in [-0.3, -0.25) is 0 Å². The Morgan fingerprint density at radius 3 is 2.79 bits per heavy atom. The predicted octanol–water partition coefficient (Wildman–Crippen LogP) is 4.12. The first-order valence-corrected chi connectivity index (χ1v) is 8.78. The van der Waals surface area contributed by atoms with E-state index in [1.807, 2.05) is 12.4 Å². The van der Waals surface area contributed by atoms with E-state index < -0.39 is 0 Å². The number of aromatic nitrogens is 2. The van der Waals surface area contributed by atoms with Crippen LogP contribution in [0.4, 0.5) is 0 Å². The number of hydrogen-bond donors (Lipinski definition) is 1. The Morgan fingerprint density at radius 2 is 2.08 bits per heavy atom. The third-order valence-corrected chi connectivity index (χ3v) is 4.71. The fourth-order valence-electron chi connectivity index (χ4n) is 3.43. The van der Waals surface area contributed by atoms with Gasteiger partial charge in [-0.2, -0.15) is 0 Å². The average Bonchev–Trinajstić information content (AvgIpc) is 3.36. The average molecular weight is 321 g/mol. The molecule has 124 valence electrons. The number of furan rings is 1. The Bertz CT molecular complexity index is 797. The summed E-state index contributed by atoms with van der Waals surface area (Å²) < 4.78 is 8.30. The molecule has 0 radical (unpaired) electrons. The van der Waals surface area contributed by atoms with E-state index in [0.29, 0.717) is 6.04 Å². The third kappa shape index (κ3) is 2.89. The predicted molar refractivity (Wildman–Crippen MR) is 95.8 cm³/mol. The first kappa shape index (κ1) is 15.2. The number of nitrogens with zero attached hydrogens (tertiary/aromatic N) is 2. The van der Waals surface area contributed by atoms with Crippen LogP contribution in [0.1, 0.15) is 25.5 Å². The van der Waals surface area contributed by atoms with Gasteiger partial charge in [0.15, 0.2) is 5.76 Å². The maximum absolute atomic E-state index is 6.06. The summed E-state index contributed by atoms with van der Waals surface area (Å²) >= 11 is 0. The number of benzene rings is 1. The lowest BCUT2D eigenvalue weighted by Crippen LogP contribution is -2.26. The van der Waals surface area contributed by atoms with Gasteiger partial charge in [-0.05, 0) is 31.5 Å². The molecular formula is C20H23N3O. The molecule has 1 saturated heterocycles. The summed E-state index contributed by atoms with van der Waals surface area (Å²) in [5.41, 5.74) is 3.19. The van der Waals surface area contributed by atoms with Crippen LogP contribution < -0.4 is 5.32 Å². The molecule has 0 saturated carbocycles. The number of hydrogen-bond acceptors (Lipinski definition) is 3. The zero-order valence-corrected chi connectivity index (χ0v) is 14.0. The highest BCUT2D eigenvalue weighted by atomic mass is 16.3. The topological polar surface area (TPSA) is 43.0 Å². The molecule has 1 atom stereocenters. The summed E-state index contributed by atoms with van der Waals surface area (Å²) in [6.07, 6.45) is 5.32. The van der Waals surface area contributed by atoms with Crippen molar-refractivity contribution in [2.24, 2.45) is 0 Å². The molecule has 24 heavy (non-hydrogen) atoms. The van der Waals surface area contributed by atoms with Crippen molar-refractivity contribution in [3.8, 4) is 22.7 Å². The lowest BCUT2D eigenvalue weighted by atomic mass is 10.1. The Morgan fingerprint density at radius 1 is 1.21 bits per heavy atom. The quantitative estimate of drug-likeness (QED) is 0.768. The molecule has 4 nitrogen and oxygen atoms in total. The first-order valence-electron chi connectivity index (χ1n) is 8.78. The summed E-state index contributed by atoms with van der Waals surface area (Å²) in [5, 5.41) is 3.57. The Hall–Kier alpha value is -2.33. The number of imidazole rings is 1. The van der Waals surface area contributed by atoms with Crippen LogP contribution in [-0.2, 0) is 13.0 Å². The van der Waals surface area contributed by atoms with E-state index in [4.69, 9.17) is 9.40 Å². The molecule has 1 aliphatic heterocycles. The van der Waals surface area contributed by atoms with E-state index in [-0.39, 0.29) is 0 Å². The lowest BCUT2D eigenvalue weighted by Gasteiger charge is -2.14. The van der Waals surface area contributed by atoms with Gasteiger partial charge in [-0.1, -0.05) is 37.3 Å². The smallest absolute Gasteiger partial charge is 0.152 e. The highest BCUT2D eigenvalue weighted by Gasteiger charge is 2.21. The van der Waals surface area contributed by atoms with Crippen molar-refractivity contribution in [2.75, 3.05) is 6.54 Å². The minimum atomic E-state index is 0.516. The Labute approximate surface area is 142 Å². The molecule has 1 N–H and O–H groups in total. The van der Waals surface area contributed by atoms with Crippen LogP contribution >= 0.6 is 0 Å². The van der Waals surface area contributed by atoms with Gasteiger partial charge >= 0.3 is 0 Å². The Balaban J connectivity index is 1.77. The molecule has 4 heteroatoms. The van der Waals surface area contributed by atoms with Gasteiger partial charge in [0, 0.05) is 24.6 Å². The zero-order chi connectivity index (χ0) is 16.4. The molecule has 0 amide bonds. The molecule has 0 unspecified atom stereocenters. The molecule has 0 bridgehead atoms. The van der Waals surface area contributed by atoms with Crippen molar-refractivity contribution < 1.29 is 4.42 Å². The van der Waals surface area contributed by atoms with Crippen LogP contribution in [0.5, 0.6) is 0 Å². The lowest BCUT2D eigenvalue weighted by molar-refractivity contribution is 0.496. The van der Waals surface area contributed by atoms with E-state index in [0.717, 1.165) is 48.0 Å². The maximum atomic E-state index is 6.06. The first-order chi connectivity index (χ1) is 11.8. The van der Waals surface area contributed by atoms with Crippen molar-refractivity contribution in [3.63, 3.8) is 0 Å². The van der Waals surface area contributed by atoms with Gasteiger partial charge in [-0.15, -0.1) is 0 Å². The largest absolute Gasteiger partial charge is 0.459 e. The van der Waals surface area contributed by atoms with E-state index in [2.05, 4.69) is 53.2 Å². The van der Waals surface area contributed by atoms with Crippen molar-refractivity contribution in [1.82, 2.24) is 14.9 Å².